The largest absolute Gasteiger partial charge is 0.393 e. The van der Waals surface area contributed by atoms with Gasteiger partial charge in [-0.3, -0.25) is 0 Å². The summed E-state index contributed by atoms with van der Waals surface area (Å²) in [5.74, 6) is 1.33. The van der Waals surface area contributed by atoms with Gasteiger partial charge in [-0.15, -0.1) is 0 Å². The quantitative estimate of drug-likeness (QED) is 0.819. The number of urea groups is 1. The van der Waals surface area contributed by atoms with Gasteiger partial charge < -0.3 is 19.9 Å². The Labute approximate surface area is 148 Å². The number of aliphatic hydroxyl groups is 1. The molecule has 1 aliphatic rings. The van der Waals surface area contributed by atoms with Crippen LogP contribution < -0.4 is 5.32 Å². The molecule has 0 saturated carbocycles. The van der Waals surface area contributed by atoms with Crippen molar-refractivity contribution in [2.45, 2.75) is 45.8 Å². The number of para-hydroxylation sites is 2. The summed E-state index contributed by atoms with van der Waals surface area (Å²) in [5, 5.41) is 12.7. The van der Waals surface area contributed by atoms with E-state index in [0.29, 0.717) is 12.5 Å². The summed E-state index contributed by atoms with van der Waals surface area (Å²) >= 11 is 0. The number of piperidine rings is 1. The van der Waals surface area contributed by atoms with E-state index in [1.165, 1.54) is 0 Å². The summed E-state index contributed by atoms with van der Waals surface area (Å²) in [6.07, 6.45) is 2.35. The summed E-state index contributed by atoms with van der Waals surface area (Å²) in [5.41, 5.74) is 2.16. The zero-order chi connectivity index (χ0) is 17.8. The first-order valence-electron chi connectivity index (χ1n) is 9.19. The van der Waals surface area contributed by atoms with Crippen molar-refractivity contribution in [3.63, 3.8) is 0 Å². The highest BCUT2D eigenvalue weighted by molar-refractivity contribution is 5.76. The number of amides is 2. The summed E-state index contributed by atoms with van der Waals surface area (Å²) in [7, 11) is 0. The van der Waals surface area contributed by atoms with Gasteiger partial charge in [-0.25, -0.2) is 9.78 Å². The Hall–Kier alpha value is -2.08. The number of benzene rings is 1. The first kappa shape index (κ1) is 17.7. The van der Waals surface area contributed by atoms with Crippen LogP contribution in [-0.2, 0) is 6.54 Å². The minimum atomic E-state index is -0.279. The zero-order valence-electron chi connectivity index (χ0n) is 15.1. The van der Waals surface area contributed by atoms with Crippen LogP contribution in [0.5, 0.6) is 0 Å². The molecule has 2 aromatic rings. The average molecular weight is 344 g/mol. The van der Waals surface area contributed by atoms with Crippen LogP contribution in [0, 0.1) is 12.8 Å². The van der Waals surface area contributed by atoms with Crippen LogP contribution in [0.3, 0.4) is 0 Å². The Morgan fingerprint density at radius 1 is 1.36 bits per heavy atom. The summed E-state index contributed by atoms with van der Waals surface area (Å²) in [6, 6.07) is 8.15. The summed E-state index contributed by atoms with van der Waals surface area (Å²) < 4.78 is 2.20. The monoisotopic (exact) mass is 344 g/mol. The van der Waals surface area contributed by atoms with Gasteiger partial charge in [-0.05, 0) is 51.2 Å². The summed E-state index contributed by atoms with van der Waals surface area (Å²) in [6.45, 7) is 6.81. The normalized spacial score (nSPS) is 17.0. The van der Waals surface area contributed by atoms with Crippen LogP contribution >= 0.6 is 0 Å². The molecule has 1 saturated heterocycles. The molecule has 2 N–H and O–H groups in total. The SMILES string of the molecule is Cc1nc2ccccc2n1CCCNC(=O)N1CCC(C(C)O)CC1. The van der Waals surface area contributed by atoms with E-state index < -0.39 is 0 Å². The number of hydrogen-bond donors (Lipinski definition) is 2. The van der Waals surface area contributed by atoms with E-state index in [-0.39, 0.29) is 12.1 Å². The number of nitrogens with one attached hydrogen (secondary N) is 1. The van der Waals surface area contributed by atoms with Crippen LogP contribution in [0.2, 0.25) is 0 Å². The number of likely N-dealkylation sites (tertiary alicyclic amines) is 1. The van der Waals surface area contributed by atoms with Crippen molar-refractivity contribution in [3.05, 3.63) is 30.1 Å². The van der Waals surface area contributed by atoms with Crippen LogP contribution in [0.4, 0.5) is 4.79 Å². The van der Waals surface area contributed by atoms with E-state index in [4.69, 9.17) is 0 Å². The molecule has 0 bridgehead atoms. The fraction of sp³-hybridized carbons (Fsp3) is 0.579. The number of aliphatic hydroxyl groups excluding tert-OH is 1. The number of aryl methyl sites for hydroxylation is 2. The second-order valence-corrected chi connectivity index (χ2v) is 6.95. The molecule has 0 spiro atoms. The smallest absolute Gasteiger partial charge is 0.317 e. The van der Waals surface area contributed by atoms with Gasteiger partial charge in [0, 0.05) is 26.2 Å². The molecule has 1 aliphatic heterocycles. The zero-order valence-corrected chi connectivity index (χ0v) is 15.1. The number of aromatic nitrogens is 2. The van der Waals surface area contributed by atoms with Gasteiger partial charge in [0.15, 0.2) is 0 Å². The lowest BCUT2D eigenvalue weighted by molar-refractivity contribution is 0.0798. The lowest BCUT2D eigenvalue weighted by atomic mass is 9.92. The van der Waals surface area contributed by atoms with Gasteiger partial charge in [-0.2, -0.15) is 0 Å². The molecular weight excluding hydrogens is 316 g/mol. The number of nitrogens with zero attached hydrogens (tertiary/aromatic N) is 3. The molecule has 1 atom stereocenters. The molecule has 1 aromatic heterocycles. The molecule has 136 valence electrons. The van der Waals surface area contributed by atoms with Crippen molar-refractivity contribution in [2.24, 2.45) is 5.92 Å². The number of hydrogen-bond acceptors (Lipinski definition) is 3. The van der Waals surface area contributed by atoms with E-state index >= 15 is 0 Å². The fourth-order valence-electron chi connectivity index (χ4n) is 3.61. The lowest BCUT2D eigenvalue weighted by Gasteiger charge is -2.33. The fourth-order valence-corrected chi connectivity index (χ4v) is 3.61. The molecule has 1 aromatic carbocycles. The van der Waals surface area contributed by atoms with Gasteiger partial charge in [0.05, 0.1) is 17.1 Å². The van der Waals surface area contributed by atoms with Gasteiger partial charge in [0.1, 0.15) is 5.82 Å². The second-order valence-electron chi connectivity index (χ2n) is 6.95. The van der Waals surface area contributed by atoms with Crippen molar-refractivity contribution < 1.29 is 9.90 Å². The predicted octanol–water partition coefficient (Wildman–Crippen LogP) is 2.54. The maximum atomic E-state index is 12.2. The molecule has 1 fully saturated rings. The van der Waals surface area contributed by atoms with Crippen LogP contribution in [0.1, 0.15) is 32.0 Å². The Balaban J connectivity index is 1.44. The van der Waals surface area contributed by atoms with Gasteiger partial charge in [-0.1, -0.05) is 12.1 Å². The highest BCUT2D eigenvalue weighted by Crippen LogP contribution is 2.20. The van der Waals surface area contributed by atoms with Gasteiger partial charge in [0.2, 0.25) is 0 Å². The van der Waals surface area contributed by atoms with Gasteiger partial charge in [0.25, 0.3) is 0 Å². The van der Waals surface area contributed by atoms with E-state index in [2.05, 4.69) is 20.9 Å². The molecule has 6 heteroatoms. The standard InChI is InChI=1S/C19H28N4O2/c1-14(24)16-8-12-22(13-9-16)19(25)20-10-5-11-23-15(2)21-17-6-3-4-7-18(17)23/h3-4,6-7,14,16,24H,5,8-13H2,1-2H3,(H,20,25). The third kappa shape index (κ3) is 4.12. The number of imidazole rings is 1. The Bertz CT molecular complexity index is 717. The van der Waals surface area contributed by atoms with Crippen molar-refractivity contribution in [1.82, 2.24) is 19.8 Å². The van der Waals surface area contributed by atoms with E-state index in [1.54, 1.807) is 0 Å². The first-order valence-corrected chi connectivity index (χ1v) is 9.19. The highest BCUT2D eigenvalue weighted by atomic mass is 16.3. The van der Waals surface area contributed by atoms with E-state index in [1.807, 2.05) is 36.9 Å². The molecule has 6 nitrogen and oxygen atoms in total. The van der Waals surface area contributed by atoms with Crippen molar-refractivity contribution >= 4 is 17.1 Å². The molecule has 2 heterocycles. The topological polar surface area (TPSA) is 70.4 Å². The number of carbonyl (C=O) groups is 1. The molecule has 1 unspecified atom stereocenters. The predicted molar refractivity (Wildman–Crippen MR) is 98.5 cm³/mol. The minimum absolute atomic E-state index is 0.0104. The maximum Gasteiger partial charge on any atom is 0.317 e. The molecular formula is C19H28N4O2. The Morgan fingerprint density at radius 2 is 2.08 bits per heavy atom. The third-order valence-corrected chi connectivity index (χ3v) is 5.19. The number of fused-ring (bicyclic) bond motifs is 1. The number of carbonyl (C=O) groups excluding carboxylic acids is 1. The second kappa shape index (κ2) is 7.87. The van der Waals surface area contributed by atoms with E-state index in [9.17, 15) is 9.90 Å². The minimum Gasteiger partial charge on any atom is -0.393 e. The Morgan fingerprint density at radius 3 is 2.80 bits per heavy atom. The third-order valence-electron chi connectivity index (χ3n) is 5.19. The molecule has 3 rings (SSSR count). The van der Waals surface area contributed by atoms with Crippen molar-refractivity contribution in [3.8, 4) is 0 Å². The summed E-state index contributed by atoms with van der Waals surface area (Å²) in [4.78, 5) is 18.7. The molecule has 2 amide bonds. The lowest BCUT2D eigenvalue weighted by Crippen LogP contribution is -2.46. The van der Waals surface area contributed by atoms with Crippen molar-refractivity contribution in [2.75, 3.05) is 19.6 Å². The van der Waals surface area contributed by atoms with Crippen molar-refractivity contribution in [1.29, 1.82) is 0 Å². The highest BCUT2D eigenvalue weighted by Gasteiger charge is 2.25. The maximum absolute atomic E-state index is 12.2. The Kier molecular flexibility index (Phi) is 5.58. The van der Waals surface area contributed by atoms with Crippen LogP contribution in [0.25, 0.3) is 11.0 Å². The van der Waals surface area contributed by atoms with Gasteiger partial charge >= 0.3 is 6.03 Å². The van der Waals surface area contributed by atoms with Crippen LogP contribution in [-0.4, -0.2) is 51.3 Å². The molecule has 0 radical (unpaired) electrons. The van der Waals surface area contributed by atoms with Crippen LogP contribution in [0.15, 0.2) is 24.3 Å². The molecule has 25 heavy (non-hydrogen) atoms. The first-order chi connectivity index (χ1) is 12.1. The average Bonchev–Trinajstić information content (AvgIpc) is 2.94. The molecule has 0 aliphatic carbocycles. The van der Waals surface area contributed by atoms with E-state index in [0.717, 1.165) is 55.8 Å². The number of rotatable bonds is 5.